The van der Waals surface area contributed by atoms with Gasteiger partial charge in [-0.3, -0.25) is 14.7 Å². The van der Waals surface area contributed by atoms with Gasteiger partial charge in [-0.25, -0.2) is 4.79 Å². The summed E-state index contributed by atoms with van der Waals surface area (Å²) in [5, 5.41) is 6.42. The molecule has 1 atom stereocenters. The van der Waals surface area contributed by atoms with Gasteiger partial charge in [-0.2, -0.15) is 5.10 Å². The van der Waals surface area contributed by atoms with Crippen molar-refractivity contribution in [3.8, 4) is 11.5 Å². The molecule has 0 aliphatic carbocycles. The molecule has 2 fully saturated rings. The third-order valence-electron chi connectivity index (χ3n) is 9.00. The van der Waals surface area contributed by atoms with Gasteiger partial charge in [0.25, 0.3) is 5.91 Å². The van der Waals surface area contributed by atoms with Gasteiger partial charge in [0.15, 0.2) is 0 Å². The summed E-state index contributed by atoms with van der Waals surface area (Å²) in [6.07, 6.45) is 4.14. The Kier molecular flexibility index (Phi) is 6.47. The molecule has 6 rings (SSSR count). The molecule has 0 N–H and O–H groups in total. The van der Waals surface area contributed by atoms with E-state index in [0.717, 1.165) is 33.8 Å². The predicted octanol–water partition coefficient (Wildman–Crippen LogP) is 4.37. The largest absolute Gasteiger partial charge is 0.497 e. The normalized spacial score (nSPS) is 21.3. The molecule has 0 saturated carbocycles. The number of anilines is 1. The van der Waals surface area contributed by atoms with Crippen molar-refractivity contribution < 1.29 is 19.1 Å². The number of urea groups is 1. The predicted molar refractivity (Wildman–Crippen MR) is 154 cm³/mol. The van der Waals surface area contributed by atoms with E-state index in [1.54, 1.807) is 19.2 Å². The van der Waals surface area contributed by atoms with Crippen molar-refractivity contribution >= 4 is 23.3 Å². The average molecular weight is 544 g/mol. The van der Waals surface area contributed by atoms with Gasteiger partial charge in [0.2, 0.25) is 0 Å². The highest BCUT2D eigenvalue weighted by atomic mass is 16.5. The molecule has 9 nitrogen and oxygen atoms in total. The number of carbonyl (C=O) groups excluding carboxylic acids is 2. The van der Waals surface area contributed by atoms with Gasteiger partial charge >= 0.3 is 6.03 Å². The summed E-state index contributed by atoms with van der Waals surface area (Å²) in [6, 6.07) is 12.0. The second-order valence-electron chi connectivity index (χ2n) is 11.1. The molecule has 0 aromatic heterocycles. The van der Waals surface area contributed by atoms with E-state index in [9.17, 15) is 9.59 Å². The third-order valence-corrected chi connectivity index (χ3v) is 9.00. The van der Waals surface area contributed by atoms with Gasteiger partial charge in [-0.1, -0.05) is 31.2 Å². The van der Waals surface area contributed by atoms with E-state index < -0.39 is 5.54 Å². The zero-order valence-electron chi connectivity index (χ0n) is 23.9. The Hall–Kier alpha value is -4.01. The SMILES string of the molecule is CCN1C(=O)N2Cc3cc(OC)cc(OC)c3[C@@H](C)C=C2C12CCN(C(=O)C1=NN(C)c3ccccc3C1)CC2. The maximum Gasteiger partial charge on any atom is 0.325 e. The van der Waals surface area contributed by atoms with Crippen LogP contribution >= 0.6 is 0 Å². The number of likely N-dealkylation sites (N-methyl/N-ethyl adjacent to an activating group) is 1. The fourth-order valence-corrected chi connectivity index (χ4v) is 7.07. The van der Waals surface area contributed by atoms with Crippen molar-refractivity contribution in [1.82, 2.24) is 14.7 Å². The molecular formula is C31H37N5O4. The van der Waals surface area contributed by atoms with Crippen LogP contribution in [0, 0.1) is 0 Å². The van der Waals surface area contributed by atoms with Crippen molar-refractivity contribution in [2.45, 2.75) is 51.1 Å². The number of rotatable bonds is 4. The van der Waals surface area contributed by atoms with Gasteiger partial charge in [0, 0.05) is 56.3 Å². The van der Waals surface area contributed by atoms with Gasteiger partial charge in [-0.15, -0.1) is 0 Å². The zero-order chi connectivity index (χ0) is 28.2. The lowest BCUT2D eigenvalue weighted by molar-refractivity contribution is -0.126. The Labute approximate surface area is 235 Å². The van der Waals surface area contributed by atoms with Crippen LogP contribution in [0.1, 0.15) is 49.3 Å². The number of piperidine rings is 1. The number of hydrogen-bond donors (Lipinski definition) is 0. The number of fused-ring (bicyclic) bond motifs is 4. The summed E-state index contributed by atoms with van der Waals surface area (Å²) in [5.41, 5.74) is 5.41. The van der Waals surface area contributed by atoms with Crippen molar-refractivity contribution in [1.29, 1.82) is 0 Å². The number of hydrazone groups is 1. The summed E-state index contributed by atoms with van der Waals surface area (Å²) >= 11 is 0. The second kappa shape index (κ2) is 9.87. The molecule has 9 heteroatoms. The number of nitrogens with zero attached hydrogens (tertiary/aromatic N) is 5. The molecule has 0 unspecified atom stereocenters. The Morgan fingerprint density at radius 1 is 1.10 bits per heavy atom. The topological polar surface area (TPSA) is 77.9 Å². The van der Waals surface area contributed by atoms with E-state index in [1.807, 2.05) is 59.0 Å². The van der Waals surface area contributed by atoms with Gasteiger partial charge in [0.05, 0.1) is 32.0 Å². The molecule has 3 amide bonds. The number of amides is 3. The van der Waals surface area contributed by atoms with Crippen molar-refractivity contribution in [3.63, 3.8) is 0 Å². The summed E-state index contributed by atoms with van der Waals surface area (Å²) in [6.45, 7) is 6.40. The number of likely N-dealkylation sites (tertiary alicyclic amines) is 1. The first-order chi connectivity index (χ1) is 19.3. The molecule has 2 saturated heterocycles. The van der Waals surface area contributed by atoms with Crippen molar-refractivity contribution in [2.75, 3.05) is 45.9 Å². The molecule has 210 valence electrons. The van der Waals surface area contributed by atoms with Crippen LogP contribution in [0.5, 0.6) is 11.5 Å². The van der Waals surface area contributed by atoms with Crippen LogP contribution in [0.4, 0.5) is 10.5 Å². The average Bonchev–Trinajstić information content (AvgIpc) is 3.07. The number of ether oxygens (including phenoxy) is 2. The lowest BCUT2D eigenvalue weighted by atomic mass is 9.82. The molecule has 4 aliphatic heterocycles. The molecule has 2 aromatic carbocycles. The number of methoxy groups -OCH3 is 2. The van der Waals surface area contributed by atoms with Crippen LogP contribution in [-0.4, -0.2) is 78.8 Å². The summed E-state index contributed by atoms with van der Waals surface area (Å²) in [5.74, 6) is 1.51. The summed E-state index contributed by atoms with van der Waals surface area (Å²) in [4.78, 5) is 33.4. The molecular weight excluding hydrogens is 506 g/mol. The standard InChI is InChI=1S/C31H37N5O4/c1-6-36-30(38)35-19-22-16-23(39-4)18-26(40-5)28(22)20(2)15-27(35)31(36)11-13-34(14-12-31)29(37)24-17-21-9-7-8-10-25(21)33(3)32-24/h7-10,15-16,18,20H,6,11-14,17,19H2,1-5H3/t20-/m0/s1. The fourth-order valence-electron chi connectivity index (χ4n) is 7.07. The number of hydrogen-bond acceptors (Lipinski definition) is 6. The quantitative estimate of drug-likeness (QED) is 0.572. The van der Waals surface area contributed by atoms with Crippen LogP contribution in [0.25, 0.3) is 0 Å². The Morgan fingerprint density at radius 2 is 1.85 bits per heavy atom. The Morgan fingerprint density at radius 3 is 2.55 bits per heavy atom. The number of allylic oxidation sites excluding steroid dienone is 1. The maximum absolute atomic E-state index is 13.9. The highest BCUT2D eigenvalue weighted by Gasteiger charge is 2.55. The molecule has 0 bridgehead atoms. The number of para-hydroxylation sites is 1. The number of benzene rings is 2. The highest BCUT2D eigenvalue weighted by molar-refractivity contribution is 6.39. The molecule has 4 heterocycles. The zero-order valence-corrected chi connectivity index (χ0v) is 23.9. The van der Waals surface area contributed by atoms with Crippen molar-refractivity contribution in [2.24, 2.45) is 5.10 Å². The van der Waals surface area contributed by atoms with E-state index >= 15 is 0 Å². The highest BCUT2D eigenvalue weighted by Crippen LogP contribution is 2.49. The van der Waals surface area contributed by atoms with Crippen LogP contribution in [0.3, 0.4) is 0 Å². The van der Waals surface area contributed by atoms with E-state index in [0.29, 0.717) is 56.9 Å². The van der Waals surface area contributed by atoms with E-state index in [4.69, 9.17) is 9.47 Å². The third kappa shape index (κ3) is 3.93. The molecule has 2 aromatic rings. The van der Waals surface area contributed by atoms with E-state index in [2.05, 4.69) is 24.2 Å². The minimum Gasteiger partial charge on any atom is -0.497 e. The molecule has 4 aliphatic rings. The van der Waals surface area contributed by atoms with Gasteiger partial charge in [-0.05, 0) is 43.0 Å². The van der Waals surface area contributed by atoms with Crippen molar-refractivity contribution in [3.05, 3.63) is 64.9 Å². The van der Waals surface area contributed by atoms with Gasteiger partial charge < -0.3 is 19.3 Å². The van der Waals surface area contributed by atoms with E-state index in [1.165, 1.54) is 0 Å². The molecule has 40 heavy (non-hydrogen) atoms. The second-order valence-corrected chi connectivity index (χ2v) is 11.1. The smallest absolute Gasteiger partial charge is 0.325 e. The van der Waals surface area contributed by atoms with Crippen LogP contribution < -0.4 is 14.5 Å². The lowest BCUT2D eigenvalue weighted by Gasteiger charge is -2.44. The summed E-state index contributed by atoms with van der Waals surface area (Å²) in [7, 11) is 5.20. The monoisotopic (exact) mass is 543 g/mol. The Bertz CT molecular complexity index is 1420. The lowest BCUT2D eigenvalue weighted by Crippen LogP contribution is -2.55. The van der Waals surface area contributed by atoms with Gasteiger partial charge in [0.1, 0.15) is 17.2 Å². The molecule has 1 spiro atoms. The first-order valence-electron chi connectivity index (χ1n) is 14.1. The number of carbonyl (C=O) groups is 2. The maximum atomic E-state index is 13.9. The minimum absolute atomic E-state index is 0.0188. The molecule has 0 radical (unpaired) electrons. The first-order valence-corrected chi connectivity index (χ1v) is 14.1. The summed E-state index contributed by atoms with van der Waals surface area (Å²) < 4.78 is 11.3. The van der Waals surface area contributed by atoms with Crippen LogP contribution in [0.15, 0.2) is 53.3 Å². The fraction of sp³-hybridized carbons (Fsp3) is 0.452. The van der Waals surface area contributed by atoms with E-state index in [-0.39, 0.29) is 17.9 Å². The Balaban J connectivity index is 1.28. The van der Waals surface area contributed by atoms with Crippen LogP contribution in [0.2, 0.25) is 0 Å². The minimum atomic E-state index is -0.450. The van der Waals surface area contributed by atoms with Crippen LogP contribution in [-0.2, 0) is 17.8 Å². The first kappa shape index (κ1) is 26.2.